The number of allylic oxidation sites excluding steroid dienone is 1. The molecule has 0 saturated carbocycles. The van der Waals surface area contributed by atoms with Gasteiger partial charge < -0.3 is 0 Å². The van der Waals surface area contributed by atoms with Gasteiger partial charge in [0.05, 0.1) is 0 Å². The van der Waals surface area contributed by atoms with Crippen LogP contribution in [0.4, 0.5) is 0 Å². The molecule has 0 bridgehead atoms. The zero-order chi connectivity index (χ0) is 11.3. The molecule has 1 aromatic heterocycles. The van der Waals surface area contributed by atoms with E-state index in [0.29, 0.717) is 5.92 Å². The van der Waals surface area contributed by atoms with Crippen LogP contribution in [0.15, 0.2) is 41.1 Å². The first kappa shape index (κ1) is 12.0. The molecule has 1 heterocycles. The van der Waals surface area contributed by atoms with Gasteiger partial charge in [0.1, 0.15) is 5.03 Å². The Morgan fingerprint density at radius 3 is 2.73 bits per heavy atom. The average Bonchev–Trinajstić information content (AvgIpc) is 2.18. The zero-order valence-corrected chi connectivity index (χ0v) is 10.0. The van der Waals surface area contributed by atoms with E-state index in [4.69, 9.17) is 0 Å². The zero-order valence-electron chi connectivity index (χ0n) is 9.23. The highest BCUT2D eigenvalue weighted by Crippen LogP contribution is 2.18. The van der Waals surface area contributed by atoms with Crippen molar-refractivity contribution in [2.75, 3.05) is 0 Å². The van der Waals surface area contributed by atoms with E-state index in [0.717, 1.165) is 22.4 Å². The Bertz CT molecular complexity index is 357. The molecule has 0 aromatic carbocycles. The molecule has 0 aliphatic carbocycles. The summed E-state index contributed by atoms with van der Waals surface area (Å²) in [5.74, 6) is 0.415. The monoisotopic (exact) mass is 221 g/mol. The Balaban J connectivity index is 2.61. The number of nitrogens with zero attached hydrogens (tertiary/aromatic N) is 1. The number of aromatic nitrogens is 1. The largest absolute Gasteiger partial charge is 0.282 e. The number of carbonyl (C=O) groups is 1. The lowest BCUT2D eigenvalue weighted by Gasteiger charge is -2.03. The van der Waals surface area contributed by atoms with E-state index in [1.165, 1.54) is 0 Å². The second-order valence-corrected chi connectivity index (χ2v) is 4.66. The molecule has 0 aliphatic rings. The molecule has 1 aromatic rings. The third-order valence-corrected chi connectivity index (χ3v) is 2.87. The lowest BCUT2D eigenvalue weighted by molar-refractivity contribution is -0.107. The molecule has 0 unspecified atom stereocenters. The number of carbonyl (C=O) groups excluding carboxylic acids is 1. The summed E-state index contributed by atoms with van der Waals surface area (Å²) in [6, 6.07) is 5.55. The number of thioether (sulfide) groups is 1. The predicted octanol–water partition coefficient (Wildman–Crippen LogP) is 3.30. The third kappa shape index (κ3) is 4.30. The van der Waals surface area contributed by atoms with E-state index in [2.05, 4.69) is 18.8 Å². The van der Waals surface area contributed by atoms with Crippen molar-refractivity contribution < 1.29 is 4.79 Å². The van der Waals surface area contributed by atoms with Crippen molar-refractivity contribution in [3.63, 3.8) is 0 Å². The van der Waals surface area contributed by atoms with E-state index in [1.54, 1.807) is 12.3 Å². The van der Waals surface area contributed by atoms with Gasteiger partial charge in [-0.1, -0.05) is 25.5 Å². The molecule has 0 atom stereocenters. The summed E-state index contributed by atoms with van der Waals surface area (Å²) in [7, 11) is 0. The van der Waals surface area contributed by atoms with Crippen LogP contribution >= 0.6 is 11.8 Å². The van der Waals surface area contributed by atoms with Gasteiger partial charge in [0.2, 0.25) is 5.12 Å². The average molecular weight is 221 g/mol. The fourth-order valence-corrected chi connectivity index (χ4v) is 1.60. The summed E-state index contributed by atoms with van der Waals surface area (Å²) < 4.78 is 0. The lowest BCUT2D eigenvalue weighted by Crippen LogP contribution is -1.94. The van der Waals surface area contributed by atoms with Crippen LogP contribution in [0.1, 0.15) is 20.8 Å². The first-order chi connectivity index (χ1) is 7.09. The van der Waals surface area contributed by atoms with Crippen LogP contribution in [-0.2, 0) is 4.79 Å². The molecule has 80 valence electrons. The van der Waals surface area contributed by atoms with Crippen molar-refractivity contribution in [1.82, 2.24) is 4.98 Å². The summed E-state index contributed by atoms with van der Waals surface area (Å²) in [6.07, 6.45) is 3.37. The fraction of sp³-hybridized carbons (Fsp3) is 0.333. The minimum atomic E-state index is 0.0416. The van der Waals surface area contributed by atoms with Gasteiger partial charge in [-0.2, -0.15) is 0 Å². The number of pyridine rings is 1. The van der Waals surface area contributed by atoms with Crippen molar-refractivity contribution in [2.24, 2.45) is 5.92 Å². The van der Waals surface area contributed by atoms with Crippen LogP contribution in [0.2, 0.25) is 0 Å². The molecule has 0 spiro atoms. The van der Waals surface area contributed by atoms with Gasteiger partial charge in [0.25, 0.3) is 0 Å². The van der Waals surface area contributed by atoms with E-state index >= 15 is 0 Å². The topological polar surface area (TPSA) is 30.0 Å². The molecule has 0 amide bonds. The fourth-order valence-electron chi connectivity index (χ4n) is 0.893. The standard InChI is InChI=1S/C12H15NOS/c1-9(2)10(3)8-12(14)15-11-6-4-5-7-13-11/h4-9H,1-3H3/b10-8+. The van der Waals surface area contributed by atoms with Gasteiger partial charge >= 0.3 is 0 Å². The van der Waals surface area contributed by atoms with Gasteiger partial charge in [-0.3, -0.25) is 4.79 Å². The Kier molecular flexibility index (Phi) is 4.56. The predicted molar refractivity (Wildman–Crippen MR) is 63.7 cm³/mol. The first-order valence-corrected chi connectivity index (χ1v) is 5.72. The van der Waals surface area contributed by atoms with Crippen molar-refractivity contribution in [1.29, 1.82) is 0 Å². The minimum absolute atomic E-state index is 0.0416. The van der Waals surface area contributed by atoms with Crippen molar-refractivity contribution in [3.8, 4) is 0 Å². The molecule has 1 rings (SSSR count). The normalized spacial score (nSPS) is 11.9. The molecule has 0 saturated heterocycles. The Morgan fingerprint density at radius 1 is 1.47 bits per heavy atom. The van der Waals surface area contributed by atoms with Crippen molar-refractivity contribution in [3.05, 3.63) is 36.0 Å². The maximum absolute atomic E-state index is 11.6. The summed E-state index contributed by atoms with van der Waals surface area (Å²) in [6.45, 7) is 6.12. The summed E-state index contributed by atoms with van der Waals surface area (Å²) >= 11 is 1.16. The Morgan fingerprint density at radius 2 is 2.20 bits per heavy atom. The number of rotatable bonds is 3. The number of hydrogen-bond donors (Lipinski definition) is 0. The van der Waals surface area contributed by atoms with Gasteiger partial charge in [-0.25, -0.2) is 4.98 Å². The van der Waals surface area contributed by atoms with Gasteiger partial charge in [0.15, 0.2) is 0 Å². The second kappa shape index (κ2) is 5.71. The van der Waals surface area contributed by atoms with E-state index < -0.39 is 0 Å². The van der Waals surface area contributed by atoms with Crippen LogP contribution in [-0.4, -0.2) is 10.1 Å². The highest BCUT2D eigenvalue weighted by molar-refractivity contribution is 8.14. The van der Waals surface area contributed by atoms with Crippen LogP contribution in [0.25, 0.3) is 0 Å². The molecule has 15 heavy (non-hydrogen) atoms. The molecule has 0 aliphatic heterocycles. The summed E-state index contributed by atoms with van der Waals surface area (Å²) in [5.41, 5.74) is 1.10. The smallest absolute Gasteiger partial charge is 0.218 e. The maximum Gasteiger partial charge on any atom is 0.218 e. The SMILES string of the molecule is C/C(=C\C(=O)Sc1ccccn1)C(C)C. The highest BCUT2D eigenvalue weighted by atomic mass is 32.2. The van der Waals surface area contributed by atoms with E-state index in [-0.39, 0.29) is 5.12 Å². The minimum Gasteiger partial charge on any atom is -0.282 e. The van der Waals surface area contributed by atoms with E-state index in [9.17, 15) is 4.79 Å². The molecule has 2 nitrogen and oxygen atoms in total. The molecule has 0 radical (unpaired) electrons. The highest BCUT2D eigenvalue weighted by Gasteiger charge is 2.04. The molecular weight excluding hydrogens is 206 g/mol. The van der Waals surface area contributed by atoms with Crippen molar-refractivity contribution >= 4 is 16.9 Å². The van der Waals surface area contributed by atoms with Gasteiger partial charge in [-0.05, 0) is 42.8 Å². The summed E-state index contributed by atoms with van der Waals surface area (Å²) in [5, 5.41) is 0.787. The third-order valence-electron chi connectivity index (χ3n) is 2.10. The second-order valence-electron chi connectivity index (χ2n) is 3.63. The first-order valence-electron chi connectivity index (χ1n) is 4.90. The number of hydrogen-bond acceptors (Lipinski definition) is 3. The molecule has 0 fully saturated rings. The van der Waals surface area contributed by atoms with Crippen LogP contribution in [0.5, 0.6) is 0 Å². The van der Waals surface area contributed by atoms with Gasteiger partial charge in [0, 0.05) is 6.20 Å². The maximum atomic E-state index is 11.6. The Labute approximate surface area is 94.8 Å². The molecule has 3 heteroatoms. The lowest BCUT2D eigenvalue weighted by atomic mass is 10.1. The Hall–Kier alpha value is -1.09. The van der Waals surface area contributed by atoms with Crippen LogP contribution in [0.3, 0.4) is 0 Å². The van der Waals surface area contributed by atoms with Gasteiger partial charge in [-0.15, -0.1) is 0 Å². The quantitative estimate of drug-likeness (QED) is 0.579. The molecule has 0 N–H and O–H groups in total. The van der Waals surface area contributed by atoms with Crippen molar-refractivity contribution in [2.45, 2.75) is 25.8 Å². The van der Waals surface area contributed by atoms with Crippen LogP contribution in [0, 0.1) is 5.92 Å². The van der Waals surface area contributed by atoms with E-state index in [1.807, 2.05) is 25.1 Å². The molecular formula is C12H15NOS. The van der Waals surface area contributed by atoms with Crippen LogP contribution < -0.4 is 0 Å². The summed E-state index contributed by atoms with van der Waals surface area (Å²) in [4.78, 5) is 15.7.